The van der Waals surface area contributed by atoms with E-state index in [0.29, 0.717) is 22.9 Å². The smallest absolute Gasteiger partial charge is 0.316 e. The molecule has 0 aliphatic heterocycles. The zero-order valence-corrected chi connectivity index (χ0v) is 17.3. The van der Waals surface area contributed by atoms with Gasteiger partial charge >= 0.3 is 5.97 Å². The van der Waals surface area contributed by atoms with Crippen LogP contribution in [0.1, 0.15) is 40.0 Å². The van der Waals surface area contributed by atoms with Crippen molar-refractivity contribution in [3.63, 3.8) is 0 Å². The van der Waals surface area contributed by atoms with Crippen LogP contribution in [0.2, 0.25) is 0 Å². The van der Waals surface area contributed by atoms with E-state index >= 15 is 0 Å². The molecule has 6 nitrogen and oxygen atoms in total. The molecule has 0 spiro atoms. The van der Waals surface area contributed by atoms with Crippen LogP contribution in [0.25, 0.3) is 11.4 Å². The van der Waals surface area contributed by atoms with Gasteiger partial charge in [-0.15, -0.1) is 10.2 Å². The van der Waals surface area contributed by atoms with Gasteiger partial charge in [-0.2, -0.15) is 0 Å². The van der Waals surface area contributed by atoms with Crippen LogP contribution < -0.4 is 0 Å². The van der Waals surface area contributed by atoms with Gasteiger partial charge in [-0.05, 0) is 42.7 Å². The first kappa shape index (κ1) is 19.9. The number of hydrogen-bond acceptors (Lipinski definition) is 6. The Morgan fingerprint density at radius 3 is 2.74 bits per heavy atom. The fourth-order valence-corrected chi connectivity index (χ4v) is 4.46. The molecular weight excluding hydrogens is 360 g/mol. The third kappa shape index (κ3) is 4.89. The predicted molar refractivity (Wildman–Crippen MR) is 106 cm³/mol. The number of carbonyl (C=O) groups excluding carboxylic acids is 1. The van der Waals surface area contributed by atoms with E-state index in [0.717, 1.165) is 24.2 Å². The molecule has 27 heavy (non-hydrogen) atoms. The molecule has 1 aliphatic rings. The van der Waals surface area contributed by atoms with Crippen LogP contribution in [-0.2, 0) is 16.6 Å². The van der Waals surface area contributed by atoms with E-state index in [-0.39, 0.29) is 17.8 Å². The van der Waals surface area contributed by atoms with E-state index in [9.17, 15) is 4.79 Å². The van der Waals surface area contributed by atoms with E-state index in [1.807, 2.05) is 23.7 Å². The van der Waals surface area contributed by atoms with E-state index in [1.165, 1.54) is 18.2 Å². The third-order valence-corrected chi connectivity index (χ3v) is 6.33. The van der Waals surface area contributed by atoms with Crippen molar-refractivity contribution in [3.05, 3.63) is 24.5 Å². The molecule has 146 valence electrons. The van der Waals surface area contributed by atoms with Gasteiger partial charge in [0, 0.05) is 25.0 Å². The summed E-state index contributed by atoms with van der Waals surface area (Å²) >= 11 is 1.37. The Kier molecular flexibility index (Phi) is 6.52. The number of aromatic nitrogens is 4. The van der Waals surface area contributed by atoms with Gasteiger partial charge in [0.2, 0.25) is 0 Å². The maximum atomic E-state index is 12.4. The highest BCUT2D eigenvalue weighted by Gasteiger charge is 2.33. The molecule has 0 unspecified atom stereocenters. The van der Waals surface area contributed by atoms with E-state index in [4.69, 9.17) is 4.74 Å². The van der Waals surface area contributed by atoms with Crippen molar-refractivity contribution in [3.8, 4) is 11.4 Å². The van der Waals surface area contributed by atoms with Crippen molar-refractivity contribution in [1.29, 1.82) is 0 Å². The van der Waals surface area contributed by atoms with Gasteiger partial charge in [0.15, 0.2) is 11.0 Å². The summed E-state index contributed by atoms with van der Waals surface area (Å²) in [7, 11) is 1.90. The minimum Gasteiger partial charge on any atom is -0.461 e. The highest BCUT2D eigenvalue weighted by Crippen LogP contribution is 2.35. The van der Waals surface area contributed by atoms with Crippen molar-refractivity contribution in [2.45, 2.75) is 51.3 Å². The highest BCUT2D eigenvalue weighted by molar-refractivity contribution is 7.99. The first-order chi connectivity index (χ1) is 13.0. The lowest BCUT2D eigenvalue weighted by Crippen LogP contribution is -2.36. The summed E-state index contributed by atoms with van der Waals surface area (Å²) in [5, 5.41) is 9.16. The Morgan fingerprint density at radius 2 is 2.04 bits per heavy atom. The Balaban J connectivity index is 1.58. The molecule has 0 radical (unpaired) electrons. The average Bonchev–Trinajstić information content (AvgIpc) is 3.01. The molecule has 3 rings (SSSR count). The van der Waals surface area contributed by atoms with Gasteiger partial charge in [0.1, 0.15) is 6.10 Å². The minimum atomic E-state index is -0.168. The highest BCUT2D eigenvalue weighted by atomic mass is 32.2. The first-order valence-electron chi connectivity index (χ1n) is 9.57. The van der Waals surface area contributed by atoms with Crippen LogP contribution in [0, 0.1) is 17.8 Å². The van der Waals surface area contributed by atoms with E-state index in [1.54, 1.807) is 12.4 Å². The van der Waals surface area contributed by atoms with Crippen LogP contribution >= 0.6 is 11.8 Å². The third-order valence-electron chi connectivity index (χ3n) is 5.34. The summed E-state index contributed by atoms with van der Waals surface area (Å²) in [6, 6.07) is 3.78. The Hall–Kier alpha value is -1.89. The summed E-state index contributed by atoms with van der Waals surface area (Å²) in [4.78, 5) is 16.5. The monoisotopic (exact) mass is 388 g/mol. The van der Waals surface area contributed by atoms with Crippen LogP contribution in [0.5, 0.6) is 0 Å². The normalized spacial score (nSPS) is 22.8. The number of hydrogen-bond donors (Lipinski definition) is 0. The van der Waals surface area contributed by atoms with Gasteiger partial charge in [0.05, 0.1) is 5.75 Å². The summed E-state index contributed by atoms with van der Waals surface area (Å²) in [6.07, 6.45) is 6.82. The number of nitrogens with zero attached hydrogens (tertiary/aromatic N) is 4. The maximum Gasteiger partial charge on any atom is 0.316 e. The molecule has 1 fully saturated rings. The molecule has 0 saturated heterocycles. The quantitative estimate of drug-likeness (QED) is 0.551. The van der Waals surface area contributed by atoms with Crippen LogP contribution in [0.15, 0.2) is 29.7 Å². The lowest BCUT2D eigenvalue weighted by Gasteiger charge is -2.36. The largest absolute Gasteiger partial charge is 0.461 e. The standard InChI is InChI=1S/C20H28N4O2S/c1-13(2)16-6-5-14(3)11-17(16)26-18(25)12-27-20-23-22-19(24(20)4)15-7-9-21-10-8-15/h7-10,13-14,16-17H,5-6,11-12H2,1-4H3/t14-,16+,17-/m1/s1. The van der Waals surface area contributed by atoms with E-state index in [2.05, 4.69) is 36.0 Å². The summed E-state index contributed by atoms with van der Waals surface area (Å²) < 4.78 is 7.76. The van der Waals surface area contributed by atoms with Crippen LogP contribution in [0.4, 0.5) is 0 Å². The summed E-state index contributed by atoms with van der Waals surface area (Å²) in [6.45, 7) is 6.68. The number of esters is 1. The molecule has 0 bridgehead atoms. The molecule has 1 aliphatic carbocycles. The number of rotatable bonds is 6. The molecule has 1 saturated carbocycles. The molecule has 3 atom stereocenters. The Morgan fingerprint density at radius 1 is 1.30 bits per heavy atom. The second-order valence-electron chi connectivity index (χ2n) is 7.74. The average molecular weight is 389 g/mol. The molecule has 2 aromatic rings. The predicted octanol–water partition coefficient (Wildman–Crippen LogP) is 3.97. The Bertz CT molecular complexity index is 763. The molecule has 0 aromatic carbocycles. The molecule has 0 N–H and O–H groups in total. The van der Waals surface area contributed by atoms with Gasteiger partial charge in [0.25, 0.3) is 0 Å². The van der Waals surface area contributed by atoms with Crippen molar-refractivity contribution < 1.29 is 9.53 Å². The van der Waals surface area contributed by atoms with Crippen molar-refractivity contribution >= 4 is 17.7 Å². The van der Waals surface area contributed by atoms with Gasteiger partial charge in [-0.25, -0.2) is 0 Å². The second kappa shape index (κ2) is 8.87. The Labute approximate surface area is 165 Å². The number of thioether (sulfide) groups is 1. The van der Waals surface area contributed by atoms with Gasteiger partial charge < -0.3 is 9.30 Å². The molecule has 2 heterocycles. The second-order valence-corrected chi connectivity index (χ2v) is 8.69. The molecule has 2 aromatic heterocycles. The van der Waals surface area contributed by atoms with Crippen LogP contribution in [-0.4, -0.2) is 37.6 Å². The van der Waals surface area contributed by atoms with Crippen molar-refractivity contribution in [2.75, 3.05) is 5.75 Å². The first-order valence-corrected chi connectivity index (χ1v) is 10.6. The number of carbonyl (C=O) groups is 1. The molecule has 0 amide bonds. The summed E-state index contributed by atoms with van der Waals surface area (Å²) in [5.74, 6) is 2.45. The maximum absolute atomic E-state index is 12.4. The fourth-order valence-electron chi connectivity index (χ4n) is 3.77. The zero-order chi connectivity index (χ0) is 19.4. The van der Waals surface area contributed by atoms with Crippen molar-refractivity contribution in [2.24, 2.45) is 24.8 Å². The van der Waals surface area contributed by atoms with Crippen molar-refractivity contribution in [1.82, 2.24) is 19.7 Å². The van der Waals surface area contributed by atoms with Gasteiger partial charge in [-0.3, -0.25) is 9.78 Å². The topological polar surface area (TPSA) is 69.9 Å². The number of ether oxygens (including phenoxy) is 1. The fraction of sp³-hybridized carbons (Fsp3) is 0.600. The number of pyridine rings is 1. The molecule has 7 heteroatoms. The van der Waals surface area contributed by atoms with E-state index < -0.39 is 0 Å². The summed E-state index contributed by atoms with van der Waals surface area (Å²) in [5.41, 5.74) is 0.949. The zero-order valence-electron chi connectivity index (χ0n) is 16.5. The van der Waals surface area contributed by atoms with Crippen LogP contribution in [0.3, 0.4) is 0 Å². The lowest BCUT2D eigenvalue weighted by atomic mass is 9.75. The molecular formula is C20H28N4O2S. The van der Waals surface area contributed by atoms with Gasteiger partial charge in [-0.1, -0.05) is 39.0 Å². The lowest BCUT2D eigenvalue weighted by molar-refractivity contribution is -0.152. The SMILES string of the molecule is CC(C)[C@@H]1CC[C@@H](C)C[C@H]1OC(=O)CSc1nnc(-c2ccncc2)n1C. The minimum absolute atomic E-state index is 0.0359.